The molecule has 0 atom stereocenters. The minimum Gasteiger partial charge on any atom is -0.338 e. The molecule has 1 saturated heterocycles. The zero-order chi connectivity index (χ0) is 17.3. The number of amides is 1. The standard InChI is InChI=1S/C12H16N6O4S2/c1-24(21,22)16-6-4-15(5-7-16)10(19)9-17-12(20)18(14-13-17)11-3-2-8-23-11/h2-3,8H,4-7,9H2,1H3. The molecule has 0 radical (unpaired) electrons. The van der Waals surface area contributed by atoms with E-state index in [0.717, 1.165) is 15.6 Å². The summed E-state index contributed by atoms with van der Waals surface area (Å²) < 4.78 is 26.4. The predicted octanol–water partition coefficient (Wildman–Crippen LogP) is -1.41. The van der Waals surface area contributed by atoms with Gasteiger partial charge in [0.25, 0.3) is 0 Å². The molecular formula is C12H16N6O4S2. The average Bonchev–Trinajstić information content (AvgIpc) is 3.17. The molecule has 2 aromatic heterocycles. The molecule has 0 bridgehead atoms. The lowest BCUT2D eigenvalue weighted by Gasteiger charge is -2.33. The number of tetrazole rings is 1. The quantitative estimate of drug-likeness (QED) is 0.652. The van der Waals surface area contributed by atoms with Crippen molar-refractivity contribution in [3.8, 4) is 5.00 Å². The fourth-order valence-electron chi connectivity index (χ4n) is 2.40. The summed E-state index contributed by atoms with van der Waals surface area (Å²) in [7, 11) is -3.25. The Balaban J connectivity index is 1.65. The first-order valence-corrected chi connectivity index (χ1v) is 9.88. The Morgan fingerprint density at radius 3 is 2.54 bits per heavy atom. The highest BCUT2D eigenvalue weighted by Gasteiger charge is 2.26. The molecule has 12 heteroatoms. The molecule has 0 aliphatic carbocycles. The Kier molecular flexibility index (Phi) is 4.51. The maximum Gasteiger partial charge on any atom is 0.369 e. The first-order valence-electron chi connectivity index (χ1n) is 7.16. The minimum atomic E-state index is -3.25. The second-order valence-electron chi connectivity index (χ2n) is 5.33. The largest absolute Gasteiger partial charge is 0.369 e. The lowest BCUT2D eigenvalue weighted by atomic mass is 10.3. The summed E-state index contributed by atoms with van der Waals surface area (Å²) in [6.07, 6.45) is 1.15. The van der Waals surface area contributed by atoms with Gasteiger partial charge in [0.05, 0.1) is 6.26 Å². The minimum absolute atomic E-state index is 0.219. The van der Waals surface area contributed by atoms with E-state index in [2.05, 4.69) is 10.4 Å². The van der Waals surface area contributed by atoms with E-state index in [1.165, 1.54) is 20.5 Å². The van der Waals surface area contributed by atoms with Crippen LogP contribution in [0.15, 0.2) is 22.3 Å². The number of carbonyl (C=O) groups is 1. The molecule has 1 amide bonds. The fourth-order valence-corrected chi connectivity index (χ4v) is 3.89. The molecule has 24 heavy (non-hydrogen) atoms. The number of aromatic nitrogens is 4. The normalized spacial score (nSPS) is 16.5. The van der Waals surface area contributed by atoms with Crippen LogP contribution in [-0.4, -0.2) is 75.8 Å². The lowest BCUT2D eigenvalue weighted by molar-refractivity contribution is -0.133. The van der Waals surface area contributed by atoms with E-state index in [1.54, 1.807) is 12.1 Å². The van der Waals surface area contributed by atoms with Crippen LogP contribution in [0.5, 0.6) is 0 Å². The van der Waals surface area contributed by atoms with Gasteiger partial charge in [-0.05, 0) is 27.9 Å². The summed E-state index contributed by atoms with van der Waals surface area (Å²) in [4.78, 5) is 26.0. The molecule has 0 aromatic carbocycles. The van der Waals surface area contributed by atoms with Gasteiger partial charge in [0, 0.05) is 26.2 Å². The molecule has 0 N–H and O–H groups in total. The summed E-state index contributed by atoms with van der Waals surface area (Å²) in [6, 6.07) is 3.52. The molecule has 3 rings (SSSR count). The number of carbonyl (C=O) groups excluding carboxylic acids is 1. The molecule has 0 unspecified atom stereocenters. The fraction of sp³-hybridized carbons (Fsp3) is 0.500. The number of thiophene rings is 1. The zero-order valence-electron chi connectivity index (χ0n) is 12.9. The monoisotopic (exact) mass is 372 g/mol. The Morgan fingerprint density at radius 2 is 1.96 bits per heavy atom. The summed E-state index contributed by atoms with van der Waals surface area (Å²) >= 11 is 1.34. The van der Waals surface area contributed by atoms with E-state index in [9.17, 15) is 18.0 Å². The van der Waals surface area contributed by atoms with Crippen molar-refractivity contribution >= 4 is 27.3 Å². The van der Waals surface area contributed by atoms with Crippen LogP contribution in [0.1, 0.15) is 0 Å². The van der Waals surface area contributed by atoms with Gasteiger partial charge in [-0.25, -0.2) is 13.2 Å². The van der Waals surface area contributed by atoms with Gasteiger partial charge in [0.2, 0.25) is 15.9 Å². The molecule has 0 spiro atoms. The number of sulfonamides is 1. The average molecular weight is 372 g/mol. The van der Waals surface area contributed by atoms with Crippen molar-refractivity contribution in [2.24, 2.45) is 0 Å². The highest BCUT2D eigenvalue weighted by molar-refractivity contribution is 7.88. The van der Waals surface area contributed by atoms with E-state index in [-0.39, 0.29) is 25.5 Å². The van der Waals surface area contributed by atoms with Gasteiger partial charge < -0.3 is 4.90 Å². The molecule has 10 nitrogen and oxygen atoms in total. The van der Waals surface area contributed by atoms with Gasteiger partial charge in [-0.2, -0.15) is 13.7 Å². The van der Waals surface area contributed by atoms with E-state index < -0.39 is 15.7 Å². The lowest BCUT2D eigenvalue weighted by Crippen LogP contribution is -2.51. The topological polar surface area (TPSA) is 110 Å². The molecule has 1 aliphatic heterocycles. The Labute approximate surface area is 141 Å². The van der Waals surface area contributed by atoms with Crippen LogP contribution in [0.4, 0.5) is 0 Å². The summed E-state index contributed by atoms with van der Waals surface area (Å²) in [5.41, 5.74) is -0.486. The van der Waals surface area contributed by atoms with Crippen LogP contribution in [0.25, 0.3) is 5.00 Å². The highest BCUT2D eigenvalue weighted by atomic mass is 32.2. The van der Waals surface area contributed by atoms with E-state index >= 15 is 0 Å². The number of piperazine rings is 1. The number of hydrogen-bond donors (Lipinski definition) is 0. The van der Waals surface area contributed by atoms with Crippen LogP contribution >= 0.6 is 11.3 Å². The van der Waals surface area contributed by atoms with E-state index in [1.807, 2.05) is 5.38 Å². The summed E-state index contributed by atoms with van der Waals surface area (Å²) in [5.74, 6) is -0.288. The predicted molar refractivity (Wildman–Crippen MR) is 86.5 cm³/mol. The van der Waals surface area contributed by atoms with Crippen molar-refractivity contribution in [1.82, 2.24) is 29.0 Å². The smallest absolute Gasteiger partial charge is 0.338 e. The maximum absolute atomic E-state index is 12.3. The maximum atomic E-state index is 12.3. The third kappa shape index (κ3) is 3.39. The van der Waals surface area contributed by atoms with Crippen molar-refractivity contribution in [1.29, 1.82) is 0 Å². The number of nitrogens with zero attached hydrogens (tertiary/aromatic N) is 6. The number of hydrogen-bond acceptors (Lipinski definition) is 7. The first kappa shape index (κ1) is 16.8. The molecule has 1 fully saturated rings. The Hall–Kier alpha value is -2.05. The van der Waals surface area contributed by atoms with Crippen molar-refractivity contribution < 1.29 is 13.2 Å². The van der Waals surface area contributed by atoms with Crippen LogP contribution in [0.2, 0.25) is 0 Å². The highest BCUT2D eigenvalue weighted by Crippen LogP contribution is 2.10. The second kappa shape index (κ2) is 6.45. The van der Waals surface area contributed by atoms with Gasteiger partial charge in [0.1, 0.15) is 11.5 Å². The van der Waals surface area contributed by atoms with Crippen molar-refractivity contribution in [3.05, 3.63) is 28.0 Å². The molecule has 130 valence electrons. The van der Waals surface area contributed by atoms with Gasteiger partial charge >= 0.3 is 5.69 Å². The summed E-state index contributed by atoms with van der Waals surface area (Å²) in [5, 5.41) is 9.94. The van der Waals surface area contributed by atoms with Crippen molar-refractivity contribution in [2.45, 2.75) is 6.54 Å². The van der Waals surface area contributed by atoms with Gasteiger partial charge in [-0.15, -0.1) is 11.3 Å². The molecule has 2 aromatic rings. The Bertz CT molecular complexity index is 877. The van der Waals surface area contributed by atoms with Gasteiger partial charge in [-0.1, -0.05) is 0 Å². The molecule has 1 aliphatic rings. The van der Waals surface area contributed by atoms with Crippen molar-refractivity contribution in [3.63, 3.8) is 0 Å². The van der Waals surface area contributed by atoms with Crippen LogP contribution < -0.4 is 5.69 Å². The SMILES string of the molecule is CS(=O)(=O)N1CCN(C(=O)Cn2nnn(-c3cccs3)c2=O)CC1. The van der Waals surface area contributed by atoms with Gasteiger partial charge in [0.15, 0.2) is 0 Å². The molecule has 3 heterocycles. The third-order valence-corrected chi connectivity index (χ3v) is 5.85. The van der Waals surface area contributed by atoms with Crippen LogP contribution in [0.3, 0.4) is 0 Å². The second-order valence-corrected chi connectivity index (χ2v) is 8.23. The Morgan fingerprint density at radius 1 is 1.25 bits per heavy atom. The zero-order valence-corrected chi connectivity index (χ0v) is 14.5. The molecular weight excluding hydrogens is 356 g/mol. The van der Waals surface area contributed by atoms with Crippen LogP contribution in [-0.2, 0) is 21.4 Å². The van der Waals surface area contributed by atoms with Crippen molar-refractivity contribution in [2.75, 3.05) is 32.4 Å². The third-order valence-electron chi connectivity index (χ3n) is 3.70. The van der Waals surface area contributed by atoms with Crippen LogP contribution in [0, 0.1) is 0 Å². The van der Waals surface area contributed by atoms with E-state index in [0.29, 0.717) is 18.1 Å². The number of rotatable bonds is 4. The summed E-state index contributed by atoms with van der Waals surface area (Å²) in [6.45, 7) is 0.866. The van der Waals surface area contributed by atoms with E-state index in [4.69, 9.17) is 0 Å². The molecule has 0 saturated carbocycles. The first-order chi connectivity index (χ1) is 11.4. The van der Waals surface area contributed by atoms with Gasteiger partial charge in [-0.3, -0.25) is 4.79 Å².